The summed E-state index contributed by atoms with van der Waals surface area (Å²) in [5.74, 6) is 0. The standard InChI is InChI=1S/C53H50N2O/c1-3-5-7-17-31-54-49-29-27-41(51-43-23-13-9-19-37(43)33-38-20-10-14-24-44(38)51)35-47(49)48-36-42(28-30-50(48)55(53(54)56)32-18-8-6-4-2)52-45-25-15-11-21-39(45)34-40-22-12-16-26-46(40)52/h9-16,19-30,33-36H,3-8,17-18,31-32H2,1-2H3. The number of hydrogen-bond acceptors (Lipinski definition) is 1. The van der Waals surface area contributed by atoms with Crippen LogP contribution in [0.15, 0.2) is 146 Å². The number of nitrogens with zero attached hydrogens (tertiary/aromatic N) is 2. The first-order valence-electron chi connectivity index (χ1n) is 20.8. The van der Waals surface area contributed by atoms with Crippen molar-refractivity contribution in [3.63, 3.8) is 0 Å². The lowest BCUT2D eigenvalue weighted by Crippen LogP contribution is -2.44. The molecule has 0 aromatic heterocycles. The van der Waals surface area contributed by atoms with E-state index in [0.717, 1.165) is 61.0 Å². The van der Waals surface area contributed by atoms with E-state index in [-0.39, 0.29) is 6.03 Å². The molecule has 0 spiro atoms. The Kier molecular flexibility index (Phi) is 10.0. The molecule has 8 aromatic carbocycles. The molecule has 1 aliphatic rings. The van der Waals surface area contributed by atoms with Crippen LogP contribution in [0.3, 0.4) is 0 Å². The molecule has 3 nitrogen and oxygen atoms in total. The molecular weight excluding hydrogens is 681 g/mol. The van der Waals surface area contributed by atoms with E-state index in [4.69, 9.17) is 0 Å². The van der Waals surface area contributed by atoms with Crippen molar-refractivity contribution in [2.24, 2.45) is 0 Å². The van der Waals surface area contributed by atoms with Crippen molar-refractivity contribution in [2.75, 3.05) is 22.9 Å². The Morgan fingerprint density at radius 3 is 1.11 bits per heavy atom. The van der Waals surface area contributed by atoms with Crippen LogP contribution in [0, 0.1) is 0 Å². The third kappa shape index (κ3) is 6.49. The first-order chi connectivity index (χ1) is 27.6. The molecule has 1 heterocycles. The van der Waals surface area contributed by atoms with E-state index in [1.54, 1.807) is 0 Å². The van der Waals surface area contributed by atoms with Gasteiger partial charge in [-0.2, -0.15) is 0 Å². The summed E-state index contributed by atoms with van der Waals surface area (Å²) in [7, 11) is 0. The van der Waals surface area contributed by atoms with Gasteiger partial charge in [0.25, 0.3) is 0 Å². The van der Waals surface area contributed by atoms with Crippen LogP contribution in [0.4, 0.5) is 16.2 Å². The van der Waals surface area contributed by atoms with E-state index in [2.05, 4.69) is 169 Å². The topological polar surface area (TPSA) is 23.6 Å². The van der Waals surface area contributed by atoms with Crippen LogP contribution in [-0.2, 0) is 0 Å². The summed E-state index contributed by atoms with van der Waals surface area (Å²) in [6, 6.07) is 53.5. The molecule has 0 bridgehead atoms. The Balaban J connectivity index is 1.32. The number of carbonyl (C=O) groups excluding carboxylic acids is 1. The summed E-state index contributed by atoms with van der Waals surface area (Å²) in [6.45, 7) is 5.89. The monoisotopic (exact) mass is 730 g/mol. The number of amides is 2. The molecule has 0 saturated heterocycles. The van der Waals surface area contributed by atoms with Gasteiger partial charge in [-0.05, 0) is 115 Å². The smallest absolute Gasteiger partial charge is 0.293 e. The summed E-state index contributed by atoms with van der Waals surface area (Å²) in [6.07, 6.45) is 8.83. The fourth-order valence-electron chi connectivity index (χ4n) is 9.11. The van der Waals surface area contributed by atoms with Crippen LogP contribution in [0.5, 0.6) is 0 Å². The number of rotatable bonds is 12. The summed E-state index contributed by atoms with van der Waals surface area (Å²) < 4.78 is 0. The van der Waals surface area contributed by atoms with Crippen LogP contribution in [-0.4, -0.2) is 19.1 Å². The molecule has 2 amide bonds. The van der Waals surface area contributed by atoms with Gasteiger partial charge in [-0.1, -0.05) is 162 Å². The van der Waals surface area contributed by atoms with Crippen LogP contribution < -0.4 is 9.80 Å². The minimum Gasteiger partial charge on any atom is -0.293 e. The number of anilines is 2. The van der Waals surface area contributed by atoms with Crippen LogP contribution in [0.25, 0.3) is 76.5 Å². The van der Waals surface area contributed by atoms with Crippen molar-refractivity contribution in [2.45, 2.75) is 65.2 Å². The highest BCUT2D eigenvalue weighted by Gasteiger charge is 2.32. The molecule has 3 heteroatoms. The van der Waals surface area contributed by atoms with Crippen LogP contribution >= 0.6 is 0 Å². The highest BCUT2D eigenvalue weighted by molar-refractivity contribution is 6.17. The number of benzene rings is 8. The van der Waals surface area contributed by atoms with Crippen molar-refractivity contribution in [1.29, 1.82) is 0 Å². The lowest BCUT2D eigenvalue weighted by atomic mass is 9.87. The quantitative estimate of drug-likeness (QED) is 0.0907. The Labute approximate surface area is 331 Å². The van der Waals surface area contributed by atoms with Crippen molar-refractivity contribution in [3.8, 4) is 33.4 Å². The third-order valence-corrected chi connectivity index (χ3v) is 11.9. The van der Waals surface area contributed by atoms with Gasteiger partial charge >= 0.3 is 6.03 Å². The minimum absolute atomic E-state index is 0.0877. The van der Waals surface area contributed by atoms with Crippen molar-refractivity contribution < 1.29 is 4.79 Å². The first kappa shape index (κ1) is 35.8. The molecule has 56 heavy (non-hydrogen) atoms. The van der Waals surface area contributed by atoms with Gasteiger partial charge in [0.05, 0.1) is 11.4 Å². The molecule has 0 N–H and O–H groups in total. The lowest BCUT2D eigenvalue weighted by Gasteiger charge is -2.29. The van der Waals surface area contributed by atoms with E-state index in [0.29, 0.717) is 13.1 Å². The Hall–Kier alpha value is -5.93. The van der Waals surface area contributed by atoms with Gasteiger partial charge in [-0.25, -0.2) is 4.79 Å². The maximum absolute atomic E-state index is 15.1. The number of hydrogen-bond donors (Lipinski definition) is 0. The van der Waals surface area contributed by atoms with Crippen molar-refractivity contribution >= 4 is 60.5 Å². The van der Waals surface area contributed by atoms with Gasteiger partial charge in [0.1, 0.15) is 0 Å². The molecule has 0 aliphatic carbocycles. The Morgan fingerprint density at radius 1 is 0.393 bits per heavy atom. The molecule has 0 unspecified atom stereocenters. The van der Waals surface area contributed by atoms with Gasteiger partial charge < -0.3 is 0 Å². The zero-order valence-electron chi connectivity index (χ0n) is 32.7. The second-order valence-corrected chi connectivity index (χ2v) is 15.6. The molecule has 0 atom stereocenters. The Morgan fingerprint density at radius 2 is 0.750 bits per heavy atom. The maximum atomic E-state index is 15.1. The fourth-order valence-corrected chi connectivity index (χ4v) is 9.11. The normalized spacial score (nSPS) is 12.8. The van der Waals surface area contributed by atoms with Gasteiger partial charge in [0, 0.05) is 24.2 Å². The summed E-state index contributed by atoms with van der Waals surface area (Å²) in [4.78, 5) is 19.3. The average Bonchev–Trinajstić information content (AvgIpc) is 3.33. The predicted molar refractivity (Wildman–Crippen MR) is 241 cm³/mol. The molecule has 0 radical (unpaired) electrons. The van der Waals surface area contributed by atoms with Gasteiger partial charge in [-0.15, -0.1) is 0 Å². The third-order valence-electron chi connectivity index (χ3n) is 11.9. The highest BCUT2D eigenvalue weighted by atomic mass is 16.2. The van der Waals surface area contributed by atoms with Crippen LogP contribution in [0.2, 0.25) is 0 Å². The molecule has 0 saturated carbocycles. The lowest BCUT2D eigenvalue weighted by molar-refractivity contribution is 0.251. The second-order valence-electron chi connectivity index (χ2n) is 15.6. The summed E-state index contributed by atoms with van der Waals surface area (Å²) in [5.41, 5.74) is 9.02. The largest absolute Gasteiger partial charge is 0.328 e. The Bertz CT molecular complexity index is 2430. The van der Waals surface area contributed by atoms with Gasteiger partial charge in [-0.3, -0.25) is 9.80 Å². The van der Waals surface area contributed by atoms with Crippen LogP contribution in [0.1, 0.15) is 65.2 Å². The van der Waals surface area contributed by atoms with Crippen molar-refractivity contribution in [1.82, 2.24) is 0 Å². The molecule has 8 aromatic rings. The number of carbonyl (C=O) groups is 1. The number of unbranched alkanes of at least 4 members (excludes halogenated alkanes) is 6. The van der Waals surface area contributed by atoms with E-state index in [9.17, 15) is 0 Å². The fraction of sp³-hybridized carbons (Fsp3) is 0.226. The van der Waals surface area contributed by atoms with E-state index < -0.39 is 0 Å². The van der Waals surface area contributed by atoms with Crippen molar-refractivity contribution in [3.05, 3.63) is 146 Å². The second kappa shape index (κ2) is 15.7. The zero-order valence-corrected chi connectivity index (χ0v) is 32.7. The summed E-state index contributed by atoms with van der Waals surface area (Å²) >= 11 is 0. The number of urea groups is 1. The molecule has 1 aliphatic heterocycles. The minimum atomic E-state index is 0.0877. The molecular formula is C53H50N2O. The highest BCUT2D eigenvalue weighted by Crippen LogP contribution is 2.48. The molecule has 0 fully saturated rings. The maximum Gasteiger partial charge on any atom is 0.328 e. The average molecular weight is 731 g/mol. The SMILES string of the molecule is CCCCCCN1C(=O)N(CCCCCC)c2ccc(-c3c4ccccc4cc4ccccc34)cc2-c2cc(-c3c4ccccc4cc4ccccc34)ccc21. The number of fused-ring (bicyclic) bond motifs is 7. The predicted octanol–water partition coefficient (Wildman–Crippen LogP) is 15.2. The molecule has 278 valence electrons. The van der Waals surface area contributed by atoms with Gasteiger partial charge in [0.2, 0.25) is 0 Å². The van der Waals surface area contributed by atoms with E-state index in [1.807, 2.05) is 0 Å². The van der Waals surface area contributed by atoms with E-state index in [1.165, 1.54) is 78.2 Å². The summed E-state index contributed by atoms with van der Waals surface area (Å²) in [5, 5.41) is 9.87. The first-order valence-corrected chi connectivity index (χ1v) is 20.8. The molecule has 9 rings (SSSR count). The van der Waals surface area contributed by atoms with Gasteiger partial charge in [0.15, 0.2) is 0 Å². The zero-order chi connectivity index (χ0) is 38.0. The van der Waals surface area contributed by atoms with E-state index >= 15 is 4.79 Å².